The highest BCUT2D eigenvalue weighted by molar-refractivity contribution is 5.96. The number of carboxylic acids is 1. The number of carboxylic acid groups (broad SMARTS) is 1. The molecule has 1 N–H and O–H groups in total. The van der Waals surface area contributed by atoms with E-state index in [1.165, 1.54) is 0 Å². The van der Waals surface area contributed by atoms with Gasteiger partial charge in [0.1, 0.15) is 0 Å². The van der Waals surface area contributed by atoms with Crippen molar-refractivity contribution in [3.63, 3.8) is 0 Å². The van der Waals surface area contributed by atoms with Gasteiger partial charge in [-0.25, -0.2) is 0 Å². The van der Waals surface area contributed by atoms with Crippen LogP contribution in [0.2, 0.25) is 0 Å². The van der Waals surface area contributed by atoms with E-state index in [-0.39, 0.29) is 12.5 Å². The molecule has 0 aliphatic carbocycles. The molecular formula is C15H20N2O3. The molecule has 1 amide bonds. The highest BCUT2D eigenvalue weighted by atomic mass is 16.4. The maximum absolute atomic E-state index is 12.0. The fourth-order valence-electron chi connectivity index (χ4n) is 2.54. The summed E-state index contributed by atoms with van der Waals surface area (Å²) >= 11 is 0. The monoisotopic (exact) mass is 276 g/mol. The van der Waals surface area contributed by atoms with Crippen molar-refractivity contribution >= 4 is 23.3 Å². The summed E-state index contributed by atoms with van der Waals surface area (Å²) in [6.45, 7) is 2.27. The summed E-state index contributed by atoms with van der Waals surface area (Å²) in [4.78, 5) is 26.7. The Bertz CT molecular complexity index is 540. The first-order chi connectivity index (χ1) is 9.40. The first-order valence-corrected chi connectivity index (χ1v) is 6.71. The van der Waals surface area contributed by atoms with Crippen molar-refractivity contribution in [1.29, 1.82) is 0 Å². The summed E-state index contributed by atoms with van der Waals surface area (Å²) in [5, 5.41) is 9.13. The maximum atomic E-state index is 12.0. The number of aryl methyl sites for hydroxylation is 1. The molecule has 0 spiro atoms. The van der Waals surface area contributed by atoms with Gasteiger partial charge in [0.25, 0.3) is 0 Å². The summed E-state index contributed by atoms with van der Waals surface area (Å²) in [6.07, 6.45) is 0.721. The number of benzene rings is 1. The Kier molecular flexibility index (Phi) is 3.97. The van der Waals surface area contributed by atoms with Crippen molar-refractivity contribution in [2.24, 2.45) is 5.92 Å². The van der Waals surface area contributed by atoms with Crippen molar-refractivity contribution in [2.75, 3.05) is 30.4 Å². The van der Waals surface area contributed by atoms with E-state index in [1.807, 2.05) is 44.1 Å². The quantitative estimate of drug-likeness (QED) is 0.916. The highest BCUT2D eigenvalue weighted by Gasteiger charge is 2.31. The third-order valence-corrected chi connectivity index (χ3v) is 3.75. The number of carbonyl (C=O) groups excluding carboxylic acids is 1. The Hall–Kier alpha value is -2.04. The van der Waals surface area contributed by atoms with Gasteiger partial charge in [-0.3, -0.25) is 9.59 Å². The molecule has 1 aliphatic heterocycles. The molecule has 1 heterocycles. The average Bonchev–Trinajstić information content (AvgIpc) is 2.39. The SMILES string of the molecule is Cc1ccc(N2CC(C(=O)O)CCC2=O)cc1N(C)C. The predicted octanol–water partition coefficient (Wildman–Crippen LogP) is 1.89. The number of rotatable bonds is 3. The number of aliphatic carboxylic acids is 1. The summed E-state index contributed by atoms with van der Waals surface area (Å²) in [5.74, 6) is -1.31. The van der Waals surface area contributed by atoms with E-state index in [4.69, 9.17) is 5.11 Å². The molecule has 1 fully saturated rings. The smallest absolute Gasteiger partial charge is 0.308 e. The molecule has 0 radical (unpaired) electrons. The Labute approximate surface area is 118 Å². The highest BCUT2D eigenvalue weighted by Crippen LogP contribution is 2.29. The summed E-state index contributed by atoms with van der Waals surface area (Å²) < 4.78 is 0. The number of nitrogens with zero attached hydrogens (tertiary/aromatic N) is 2. The van der Waals surface area contributed by atoms with Crippen molar-refractivity contribution < 1.29 is 14.7 Å². The van der Waals surface area contributed by atoms with E-state index in [0.717, 1.165) is 16.9 Å². The molecule has 108 valence electrons. The van der Waals surface area contributed by atoms with Crippen LogP contribution in [0.3, 0.4) is 0 Å². The van der Waals surface area contributed by atoms with Gasteiger partial charge in [-0.1, -0.05) is 6.07 Å². The molecule has 5 heteroatoms. The molecule has 1 atom stereocenters. The Balaban J connectivity index is 2.31. The zero-order valence-corrected chi connectivity index (χ0v) is 12.1. The zero-order chi connectivity index (χ0) is 14.9. The van der Waals surface area contributed by atoms with Crippen LogP contribution >= 0.6 is 0 Å². The molecular weight excluding hydrogens is 256 g/mol. The number of hydrogen-bond donors (Lipinski definition) is 1. The largest absolute Gasteiger partial charge is 0.481 e. The zero-order valence-electron chi connectivity index (χ0n) is 12.1. The van der Waals surface area contributed by atoms with Crippen LogP contribution < -0.4 is 9.80 Å². The van der Waals surface area contributed by atoms with E-state index < -0.39 is 11.9 Å². The topological polar surface area (TPSA) is 60.9 Å². The molecule has 2 rings (SSSR count). The Morgan fingerprint density at radius 1 is 1.40 bits per heavy atom. The van der Waals surface area contributed by atoms with Crippen LogP contribution in [0, 0.1) is 12.8 Å². The lowest BCUT2D eigenvalue weighted by molar-refractivity contribution is -0.142. The lowest BCUT2D eigenvalue weighted by atomic mass is 9.97. The minimum absolute atomic E-state index is 0.00365. The number of amides is 1. The Morgan fingerprint density at radius 3 is 2.70 bits per heavy atom. The third kappa shape index (κ3) is 2.76. The third-order valence-electron chi connectivity index (χ3n) is 3.75. The van der Waals surface area contributed by atoms with Crippen molar-refractivity contribution in [3.05, 3.63) is 23.8 Å². The van der Waals surface area contributed by atoms with Crippen LogP contribution in [0.25, 0.3) is 0 Å². The fourth-order valence-corrected chi connectivity index (χ4v) is 2.54. The van der Waals surface area contributed by atoms with Crippen molar-refractivity contribution in [3.8, 4) is 0 Å². The van der Waals surface area contributed by atoms with Crippen LogP contribution in [-0.2, 0) is 9.59 Å². The normalized spacial score (nSPS) is 19.1. The molecule has 0 aromatic heterocycles. The maximum Gasteiger partial charge on any atom is 0.308 e. The minimum atomic E-state index is -0.831. The lowest BCUT2D eigenvalue weighted by Crippen LogP contribution is -2.42. The van der Waals surface area contributed by atoms with E-state index in [9.17, 15) is 9.59 Å². The van der Waals surface area contributed by atoms with Gasteiger partial charge in [-0.05, 0) is 31.0 Å². The van der Waals surface area contributed by atoms with Gasteiger partial charge in [0.2, 0.25) is 5.91 Å². The molecule has 5 nitrogen and oxygen atoms in total. The van der Waals surface area contributed by atoms with Crippen molar-refractivity contribution in [1.82, 2.24) is 0 Å². The second kappa shape index (κ2) is 5.53. The van der Waals surface area contributed by atoms with Gasteiger partial charge in [0, 0.05) is 38.4 Å². The molecule has 1 unspecified atom stereocenters. The second-order valence-electron chi connectivity index (χ2n) is 5.44. The van der Waals surface area contributed by atoms with Crippen LogP contribution in [-0.4, -0.2) is 37.6 Å². The van der Waals surface area contributed by atoms with Crippen LogP contribution in [0.1, 0.15) is 18.4 Å². The van der Waals surface area contributed by atoms with Gasteiger partial charge in [0.05, 0.1) is 5.92 Å². The van der Waals surface area contributed by atoms with Gasteiger partial charge in [-0.2, -0.15) is 0 Å². The molecule has 0 bridgehead atoms. The molecule has 1 aromatic carbocycles. The van der Waals surface area contributed by atoms with E-state index in [0.29, 0.717) is 12.8 Å². The summed E-state index contributed by atoms with van der Waals surface area (Å²) in [5.41, 5.74) is 2.93. The summed E-state index contributed by atoms with van der Waals surface area (Å²) in [7, 11) is 3.90. The van der Waals surface area contributed by atoms with Gasteiger partial charge < -0.3 is 14.9 Å². The van der Waals surface area contributed by atoms with Crippen LogP contribution in [0.4, 0.5) is 11.4 Å². The predicted molar refractivity (Wildman–Crippen MR) is 78.2 cm³/mol. The fraction of sp³-hybridized carbons (Fsp3) is 0.467. The summed E-state index contributed by atoms with van der Waals surface area (Å²) in [6, 6.07) is 5.78. The standard InChI is InChI=1S/C15H20N2O3/c1-10-4-6-12(8-13(10)16(2)3)17-9-11(15(19)20)5-7-14(17)18/h4,6,8,11H,5,7,9H2,1-3H3,(H,19,20). The first-order valence-electron chi connectivity index (χ1n) is 6.71. The number of carbonyl (C=O) groups is 2. The van der Waals surface area contributed by atoms with E-state index in [2.05, 4.69) is 0 Å². The van der Waals surface area contributed by atoms with Gasteiger partial charge >= 0.3 is 5.97 Å². The van der Waals surface area contributed by atoms with Gasteiger partial charge in [0.15, 0.2) is 0 Å². The second-order valence-corrected chi connectivity index (χ2v) is 5.44. The number of anilines is 2. The van der Waals surface area contributed by atoms with Crippen LogP contribution in [0.5, 0.6) is 0 Å². The van der Waals surface area contributed by atoms with Gasteiger partial charge in [-0.15, -0.1) is 0 Å². The lowest BCUT2D eigenvalue weighted by Gasteiger charge is -2.31. The molecule has 1 aromatic rings. The van der Waals surface area contributed by atoms with E-state index in [1.54, 1.807) is 4.90 Å². The first kappa shape index (κ1) is 14.4. The molecule has 0 saturated carbocycles. The minimum Gasteiger partial charge on any atom is -0.481 e. The number of hydrogen-bond acceptors (Lipinski definition) is 3. The molecule has 20 heavy (non-hydrogen) atoms. The van der Waals surface area contributed by atoms with Crippen LogP contribution in [0.15, 0.2) is 18.2 Å². The van der Waals surface area contributed by atoms with Crippen molar-refractivity contribution in [2.45, 2.75) is 19.8 Å². The number of piperidine rings is 1. The molecule has 1 saturated heterocycles. The van der Waals surface area contributed by atoms with E-state index >= 15 is 0 Å². The average molecular weight is 276 g/mol. The molecule has 1 aliphatic rings. The Morgan fingerprint density at radius 2 is 2.10 bits per heavy atom.